The normalized spacial score (nSPS) is 25.1. The first-order valence-corrected chi connectivity index (χ1v) is 7.08. The zero-order valence-electron chi connectivity index (χ0n) is 8.91. The van der Waals surface area contributed by atoms with Crippen LogP contribution in [0.25, 0.3) is 0 Å². The molecular formula is C9H19N3O2S. The highest BCUT2D eigenvalue weighted by Gasteiger charge is 2.25. The summed E-state index contributed by atoms with van der Waals surface area (Å²) >= 11 is 0. The molecule has 0 atom stereocenters. The van der Waals surface area contributed by atoms with E-state index in [1.165, 1.54) is 23.6 Å². The molecule has 0 aromatic rings. The molecule has 2 rings (SSSR count). The topological polar surface area (TPSA) is 61.4 Å². The molecule has 6 heteroatoms. The lowest BCUT2D eigenvalue weighted by Gasteiger charge is -2.29. The van der Waals surface area contributed by atoms with E-state index in [4.69, 9.17) is 0 Å². The molecule has 0 aromatic heterocycles. The van der Waals surface area contributed by atoms with Gasteiger partial charge in [0.1, 0.15) is 0 Å². The van der Waals surface area contributed by atoms with Crippen LogP contribution in [-0.4, -0.2) is 45.4 Å². The van der Waals surface area contributed by atoms with Crippen LogP contribution in [0.2, 0.25) is 0 Å². The molecule has 2 fully saturated rings. The van der Waals surface area contributed by atoms with Crippen LogP contribution in [0.3, 0.4) is 0 Å². The van der Waals surface area contributed by atoms with E-state index in [1.54, 1.807) is 0 Å². The summed E-state index contributed by atoms with van der Waals surface area (Å²) in [5, 5.41) is 3.14. The molecule has 1 saturated carbocycles. The Hall–Kier alpha value is -0.170. The van der Waals surface area contributed by atoms with Crippen LogP contribution >= 0.6 is 0 Å². The van der Waals surface area contributed by atoms with E-state index in [-0.39, 0.29) is 0 Å². The minimum Gasteiger partial charge on any atom is -0.314 e. The summed E-state index contributed by atoms with van der Waals surface area (Å²) in [6.07, 6.45) is 3.59. The molecule has 1 aliphatic carbocycles. The molecule has 0 spiro atoms. The van der Waals surface area contributed by atoms with E-state index in [9.17, 15) is 8.42 Å². The summed E-state index contributed by atoms with van der Waals surface area (Å²) in [6.45, 7) is 3.29. The quantitative estimate of drug-likeness (QED) is 0.690. The molecule has 1 aliphatic heterocycles. The molecule has 0 radical (unpaired) electrons. The summed E-state index contributed by atoms with van der Waals surface area (Å²) in [4.78, 5) is 0. The van der Waals surface area contributed by atoms with Crippen molar-refractivity contribution in [3.8, 4) is 0 Å². The van der Waals surface area contributed by atoms with Crippen molar-refractivity contribution >= 4 is 10.2 Å². The SMILES string of the molecule is O=S(=O)(NCC1CCC1)N1CCNCC1. The molecular weight excluding hydrogens is 214 g/mol. The van der Waals surface area contributed by atoms with Crippen LogP contribution in [0.15, 0.2) is 0 Å². The first kappa shape index (κ1) is 11.3. The van der Waals surface area contributed by atoms with Crippen LogP contribution < -0.4 is 10.0 Å². The van der Waals surface area contributed by atoms with E-state index >= 15 is 0 Å². The average molecular weight is 233 g/mol. The Balaban J connectivity index is 1.81. The summed E-state index contributed by atoms with van der Waals surface area (Å²) in [6, 6.07) is 0. The van der Waals surface area contributed by atoms with Gasteiger partial charge in [-0.05, 0) is 18.8 Å². The maximum atomic E-state index is 11.8. The molecule has 2 N–H and O–H groups in total. The maximum absolute atomic E-state index is 11.8. The molecule has 2 aliphatic rings. The number of nitrogens with zero attached hydrogens (tertiary/aromatic N) is 1. The largest absolute Gasteiger partial charge is 0.314 e. The van der Waals surface area contributed by atoms with Gasteiger partial charge in [-0.15, -0.1) is 0 Å². The molecule has 0 unspecified atom stereocenters. The van der Waals surface area contributed by atoms with Crippen molar-refractivity contribution in [2.45, 2.75) is 19.3 Å². The van der Waals surface area contributed by atoms with Gasteiger partial charge in [0.05, 0.1) is 0 Å². The zero-order valence-corrected chi connectivity index (χ0v) is 9.72. The lowest BCUT2D eigenvalue weighted by Crippen LogP contribution is -2.51. The zero-order chi connectivity index (χ0) is 10.7. The maximum Gasteiger partial charge on any atom is 0.279 e. The molecule has 1 heterocycles. The van der Waals surface area contributed by atoms with Gasteiger partial charge in [0, 0.05) is 32.7 Å². The molecule has 1 saturated heterocycles. The lowest BCUT2D eigenvalue weighted by atomic mass is 9.86. The van der Waals surface area contributed by atoms with E-state index in [1.807, 2.05) is 0 Å². The monoisotopic (exact) mass is 233 g/mol. The van der Waals surface area contributed by atoms with Gasteiger partial charge >= 0.3 is 0 Å². The van der Waals surface area contributed by atoms with Crippen molar-refractivity contribution in [2.24, 2.45) is 5.92 Å². The minimum absolute atomic E-state index is 0.572. The average Bonchev–Trinajstić information content (AvgIpc) is 2.16. The Labute approximate surface area is 91.4 Å². The molecule has 0 amide bonds. The van der Waals surface area contributed by atoms with Crippen LogP contribution in [0.5, 0.6) is 0 Å². The third-order valence-electron chi connectivity index (χ3n) is 3.20. The molecule has 15 heavy (non-hydrogen) atoms. The van der Waals surface area contributed by atoms with Gasteiger partial charge in [-0.2, -0.15) is 12.7 Å². The summed E-state index contributed by atoms with van der Waals surface area (Å²) < 4.78 is 27.9. The number of nitrogens with one attached hydrogen (secondary N) is 2. The Kier molecular flexibility index (Phi) is 3.60. The summed E-state index contributed by atoms with van der Waals surface area (Å²) in [7, 11) is -3.21. The first-order valence-electron chi connectivity index (χ1n) is 5.64. The van der Waals surface area contributed by atoms with Gasteiger partial charge < -0.3 is 5.32 Å². The molecule has 88 valence electrons. The number of rotatable bonds is 4. The van der Waals surface area contributed by atoms with Gasteiger partial charge in [0.25, 0.3) is 10.2 Å². The second kappa shape index (κ2) is 4.78. The third kappa shape index (κ3) is 2.90. The van der Waals surface area contributed by atoms with Crippen LogP contribution in [0, 0.1) is 5.92 Å². The Morgan fingerprint density at radius 1 is 1.27 bits per heavy atom. The van der Waals surface area contributed by atoms with Gasteiger partial charge in [0.2, 0.25) is 0 Å². The van der Waals surface area contributed by atoms with Crippen molar-refractivity contribution < 1.29 is 8.42 Å². The van der Waals surface area contributed by atoms with Gasteiger partial charge in [-0.3, -0.25) is 0 Å². The fourth-order valence-corrected chi connectivity index (χ4v) is 3.19. The first-order chi connectivity index (χ1) is 7.18. The van der Waals surface area contributed by atoms with E-state index in [0.29, 0.717) is 25.6 Å². The van der Waals surface area contributed by atoms with Gasteiger partial charge in [-0.25, -0.2) is 4.72 Å². The van der Waals surface area contributed by atoms with Crippen molar-refractivity contribution in [3.05, 3.63) is 0 Å². The Bertz CT molecular complexity index is 294. The highest BCUT2D eigenvalue weighted by molar-refractivity contribution is 7.87. The van der Waals surface area contributed by atoms with Gasteiger partial charge in [-0.1, -0.05) is 6.42 Å². The second-order valence-corrected chi connectivity index (χ2v) is 6.05. The van der Waals surface area contributed by atoms with Crippen molar-refractivity contribution in [1.29, 1.82) is 0 Å². The van der Waals surface area contributed by atoms with Crippen LogP contribution in [0.4, 0.5) is 0 Å². The van der Waals surface area contributed by atoms with Crippen molar-refractivity contribution in [1.82, 2.24) is 14.3 Å². The number of hydrogen-bond donors (Lipinski definition) is 2. The van der Waals surface area contributed by atoms with Crippen LogP contribution in [0.1, 0.15) is 19.3 Å². The highest BCUT2D eigenvalue weighted by atomic mass is 32.2. The van der Waals surface area contributed by atoms with Crippen molar-refractivity contribution in [3.63, 3.8) is 0 Å². The third-order valence-corrected chi connectivity index (χ3v) is 4.77. The smallest absolute Gasteiger partial charge is 0.279 e. The van der Waals surface area contributed by atoms with E-state index < -0.39 is 10.2 Å². The molecule has 0 aromatic carbocycles. The lowest BCUT2D eigenvalue weighted by molar-refractivity contribution is 0.307. The van der Waals surface area contributed by atoms with Crippen molar-refractivity contribution in [2.75, 3.05) is 32.7 Å². The van der Waals surface area contributed by atoms with Gasteiger partial charge in [0.15, 0.2) is 0 Å². The molecule has 0 bridgehead atoms. The molecule has 5 nitrogen and oxygen atoms in total. The highest BCUT2D eigenvalue weighted by Crippen LogP contribution is 2.25. The number of piperazine rings is 1. The predicted octanol–water partition coefficient (Wildman–Crippen LogP) is -0.474. The fourth-order valence-electron chi connectivity index (χ4n) is 1.90. The van der Waals surface area contributed by atoms with Crippen LogP contribution in [-0.2, 0) is 10.2 Å². The minimum atomic E-state index is -3.21. The fraction of sp³-hybridized carbons (Fsp3) is 1.00. The Morgan fingerprint density at radius 2 is 1.93 bits per heavy atom. The number of hydrogen-bond acceptors (Lipinski definition) is 3. The summed E-state index contributed by atoms with van der Waals surface area (Å²) in [5.41, 5.74) is 0. The predicted molar refractivity (Wildman–Crippen MR) is 58.7 cm³/mol. The summed E-state index contributed by atoms with van der Waals surface area (Å²) in [5.74, 6) is 0.572. The Morgan fingerprint density at radius 3 is 2.47 bits per heavy atom. The van der Waals surface area contributed by atoms with E-state index in [0.717, 1.165) is 13.1 Å². The second-order valence-electron chi connectivity index (χ2n) is 4.30. The standard InChI is InChI=1S/C9H19N3O2S/c13-15(14,11-8-9-2-1-3-9)12-6-4-10-5-7-12/h9-11H,1-8H2. The van der Waals surface area contributed by atoms with E-state index in [2.05, 4.69) is 10.0 Å².